The Morgan fingerprint density at radius 1 is 1.35 bits per heavy atom. The lowest BCUT2D eigenvalue weighted by Crippen LogP contribution is -2.32. The van der Waals surface area contributed by atoms with E-state index in [-0.39, 0.29) is 0 Å². The third kappa shape index (κ3) is 4.81. The van der Waals surface area contributed by atoms with Crippen LogP contribution in [-0.2, 0) is 13.0 Å². The van der Waals surface area contributed by atoms with Crippen molar-refractivity contribution in [3.63, 3.8) is 0 Å². The van der Waals surface area contributed by atoms with Crippen molar-refractivity contribution in [1.29, 1.82) is 0 Å². The van der Waals surface area contributed by atoms with Gasteiger partial charge in [-0.2, -0.15) is 23.5 Å². The van der Waals surface area contributed by atoms with Crippen molar-refractivity contribution in [3.8, 4) is 0 Å². The first-order valence-electron chi connectivity index (χ1n) is 6.20. The summed E-state index contributed by atoms with van der Waals surface area (Å²) in [4.78, 5) is 4.65. The van der Waals surface area contributed by atoms with Crippen LogP contribution in [0.25, 0.3) is 0 Å². The van der Waals surface area contributed by atoms with E-state index in [0.29, 0.717) is 6.04 Å². The molecule has 0 bridgehead atoms. The second-order valence-electron chi connectivity index (χ2n) is 4.21. The summed E-state index contributed by atoms with van der Waals surface area (Å²) in [6, 6.07) is 0.656. The maximum atomic E-state index is 4.65. The van der Waals surface area contributed by atoms with Gasteiger partial charge in [-0.25, -0.2) is 4.98 Å². The van der Waals surface area contributed by atoms with E-state index in [2.05, 4.69) is 46.1 Å². The number of hydrogen-bond acceptors (Lipinski definition) is 5. The Hall–Kier alpha value is 0.290. The van der Waals surface area contributed by atoms with Gasteiger partial charge in [-0.05, 0) is 12.8 Å². The topological polar surface area (TPSA) is 24.9 Å². The molecule has 2 heterocycles. The molecule has 1 aromatic rings. The molecule has 0 unspecified atom stereocenters. The van der Waals surface area contributed by atoms with Crippen LogP contribution in [0.4, 0.5) is 0 Å². The minimum Gasteiger partial charge on any atom is -0.307 e. The Morgan fingerprint density at radius 2 is 2.12 bits per heavy atom. The van der Waals surface area contributed by atoms with E-state index >= 15 is 0 Å². The van der Waals surface area contributed by atoms with E-state index in [4.69, 9.17) is 0 Å². The Balaban J connectivity index is 1.75. The fourth-order valence-corrected chi connectivity index (χ4v) is 5.11. The van der Waals surface area contributed by atoms with Gasteiger partial charge in [-0.3, -0.25) is 0 Å². The van der Waals surface area contributed by atoms with E-state index in [1.54, 1.807) is 11.3 Å². The molecule has 0 radical (unpaired) electrons. The molecule has 1 fully saturated rings. The minimum atomic E-state index is 0.656. The van der Waals surface area contributed by atoms with Crippen molar-refractivity contribution in [2.24, 2.45) is 0 Å². The zero-order valence-corrected chi connectivity index (χ0v) is 12.7. The summed E-state index contributed by atoms with van der Waals surface area (Å²) in [6.45, 7) is 3.14. The highest BCUT2D eigenvalue weighted by Gasteiger charge is 2.12. The van der Waals surface area contributed by atoms with Crippen molar-refractivity contribution < 1.29 is 0 Å². The van der Waals surface area contributed by atoms with E-state index in [9.17, 15) is 0 Å². The summed E-state index contributed by atoms with van der Waals surface area (Å²) >= 11 is 5.95. The van der Waals surface area contributed by atoms with Gasteiger partial charge in [0.2, 0.25) is 0 Å². The van der Waals surface area contributed by atoms with Crippen molar-refractivity contribution in [3.05, 3.63) is 16.1 Å². The first-order valence-corrected chi connectivity index (χ1v) is 9.39. The van der Waals surface area contributed by atoms with Crippen LogP contribution in [0.3, 0.4) is 0 Å². The SMILES string of the molecule is CCCc1nc(CNC2CSCCSC2)cs1. The summed E-state index contributed by atoms with van der Waals surface area (Å²) < 4.78 is 0. The standard InChI is InChI=1S/C12H20N2S3/c1-2-3-12-14-10(9-17-12)6-13-11-7-15-4-5-16-8-11/h9,11,13H,2-8H2,1H3. The number of nitrogens with zero attached hydrogens (tertiary/aromatic N) is 1. The number of nitrogens with one attached hydrogen (secondary N) is 1. The van der Waals surface area contributed by atoms with Crippen molar-refractivity contribution in [2.75, 3.05) is 23.0 Å². The normalized spacial score (nSPS) is 18.2. The lowest BCUT2D eigenvalue weighted by molar-refractivity contribution is 0.596. The number of aryl methyl sites for hydroxylation is 1. The predicted octanol–water partition coefficient (Wildman–Crippen LogP) is 3.03. The average molecular weight is 289 g/mol. The summed E-state index contributed by atoms with van der Waals surface area (Å²) in [7, 11) is 0. The van der Waals surface area contributed by atoms with E-state index in [0.717, 1.165) is 13.0 Å². The number of rotatable bonds is 5. The van der Waals surface area contributed by atoms with Gasteiger partial charge in [0.15, 0.2) is 0 Å². The maximum absolute atomic E-state index is 4.65. The summed E-state index contributed by atoms with van der Waals surface area (Å²) in [5.41, 5.74) is 1.22. The highest BCUT2D eigenvalue weighted by Crippen LogP contribution is 2.17. The monoisotopic (exact) mass is 288 g/mol. The van der Waals surface area contributed by atoms with Gasteiger partial charge in [0, 0.05) is 41.0 Å². The second kappa shape index (κ2) is 7.67. The molecule has 1 N–H and O–H groups in total. The molecule has 0 spiro atoms. The maximum Gasteiger partial charge on any atom is 0.0928 e. The smallest absolute Gasteiger partial charge is 0.0928 e. The molecule has 1 aliphatic heterocycles. The van der Waals surface area contributed by atoms with Gasteiger partial charge < -0.3 is 5.32 Å². The lowest BCUT2D eigenvalue weighted by atomic mass is 10.3. The fourth-order valence-electron chi connectivity index (χ4n) is 1.74. The van der Waals surface area contributed by atoms with Crippen LogP contribution in [0.1, 0.15) is 24.0 Å². The average Bonchev–Trinajstić information content (AvgIpc) is 2.63. The van der Waals surface area contributed by atoms with Crippen molar-refractivity contribution in [2.45, 2.75) is 32.4 Å². The van der Waals surface area contributed by atoms with Crippen LogP contribution in [0.15, 0.2) is 5.38 Å². The molecule has 0 saturated carbocycles. The number of thioether (sulfide) groups is 2. The molecule has 1 aliphatic rings. The Labute approximate surface area is 116 Å². The molecule has 0 atom stereocenters. The van der Waals surface area contributed by atoms with Crippen molar-refractivity contribution >= 4 is 34.9 Å². The Bertz CT molecular complexity index is 319. The quantitative estimate of drug-likeness (QED) is 0.900. The molecule has 1 aromatic heterocycles. The van der Waals surface area contributed by atoms with Gasteiger partial charge in [0.05, 0.1) is 10.7 Å². The van der Waals surface area contributed by atoms with Crippen LogP contribution in [0.2, 0.25) is 0 Å². The van der Waals surface area contributed by atoms with E-state index in [1.807, 2.05) is 0 Å². The first-order chi connectivity index (χ1) is 8.38. The molecular formula is C12H20N2S3. The van der Waals surface area contributed by atoms with Crippen LogP contribution in [0.5, 0.6) is 0 Å². The third-order valence-electron chi connectivity index (χ3n) is 2.65. The molecule has 17 heavy (non-hydrogen) atoms. The van der Waals surface area contributed by atoms with Gasteiger partial charge in [0.25, 0.3) is 0 Å². The molecule has 0 aromatic carbocycles. The molecule has 0 aliphatic carbocycles. The number of thiazole rings is 1. The lowest BCUT2D eigenvalue weighted by Gasteiger charge is -2.14. The molecule has 2 rings (SSSR count). The number of aromatic nitrogens is 1. The summed E-state index contributed by atoms with van der Waals surface area (Å²) in [6.07, 6.45) is 2.32. The zero-order valence-electron chi connectivity index (χ0n) is 10.3. The van der Waals surface area contributed by atoms with Gasteiger partial charge in [-0.1, -0.05) is 6.92 Å². The highest BCUT2D eigenvalue weighted by atomic mass is 32.2. The number of hydrogen-bond donors (Lipinski definition) is 1. The van der Waals surface area contributed by atoms with Crippen LogP contribution >= 0.6 is 34.9 Å². The molecule has 96 valence electrons. The first kappa shape index (κ1) is 13.7. The molecule has 5 heteroatoms. The predicted molar refractivity (Wildman–Crippen MR) is 81.4 cm³/mol. The van der Waals surface area contributed by atoms with Gasteiger partial charge >= 0.3 is 0 Å². The molecule has 1 saturated heterocycles. The van der Waals surface area contributed by atoms with Crippen LogP contribution in [-0.4, -0.2) is 34.0 Å². The minimum absolute atomic E-state index is 0.656. The van der Waals surface area contributed by atoms with Gasteiger partial charge in [0.1, 0.15) is 0 Å². The van der Waals surface area contributed by atoms with Crippen molar-refractivity contribution in [1.82, 2.24) is 10.3 Å². The largest absolute Gasteiger partial charge is 0.307 e. The van der Waals surface area contributed by atoms with Gasteiger partial charge in [-0.15, -0.1) is 11.3 Å². The van der Waals surface area contributed by atoms with Crippen LogP contribution in [0, 0.1) is 0 Å². The molecule has 2 nitrogen and oxygen atoms in total. The van der Waals surface area contributed by atoms with Crippen LogP contribution < -0.4 is 5.32 Å². The summed E-state index contributed by atoms with van der Waals surface area (Å²) in [5, 5.41) is 7.13. The fraction of sp³-hybridized carbons (Fsp3) is 0.750. The molecular weight excluding hydrogens is 268 g/mol. The summed E-state index contributed by atoms with van der Waals surface area (Å²) in [5.74, 6) is 5.11. The second-order valence-corrected chi connectivity index (χ2v) is 7.45. The Kier molecular flexibility index (Phi) is 6.18. The third-order valence-corrected chi connectivity index (χ3v) is 6.12. The van der Waals surface area contributed by atoms with E-state index < -0.39 is 0 Å². The Morgan fingerprint density at radius 3 is 2.82 bits per heavy atom. The zero-order chi connectivity index (χ0) is 11.9. The molecule has 0 amide bonds. The highest BCUT2D eigenvalue weighted by molar-refractivity contribution is 8.03. The van der Waals surface area contributed by atoms with E-state index in [1.165, 1.54) is 40.1 Å².